The molecule has 4 heterocycles. The first kappa shape index (κ1) is 21.7. The standard InChI is InChI=1S/C24H30N6O2/c1-18(2)27-24(32)29-15-13-28(14-16-29)22-9-8-21-7-6-19(17-30(21)22)23(31)26-12-10-20-5-3-4-11-25-20/h3-9,11,17-18H,10,12-16H2,1-2H3,(H,26,31)(H,27,32). The predicted octanol–water partition coefficient (Wildman–Crippen LogP) is 2.55. The van der Waals surface area contributed by atoms with Gasteiger partial charge in [-0.05, 0) is 50.2 Å². The van der Waals surface area contributed by atoms with Crippen LogP contribution in [0.3, 0.4) is 0 Å². The quantitative estimate of drug-likeness (QED) is 0.625. The van der Waals surface area contributed by atoms with Gasteiger partial charge in [-0.25, -0.2) is 4.79 Å². The van der Waals surface area contributed by atoms with E-state index in [0.717, 1.165) is 30.1 Å². The molecule has 1 saturated heterocycles. The Bertz CT molecular complexity index is 1070. The Hall–Kier alpha value is -3.55. The van der Waals surface area contributed by atoms with Gasteiger partial charge in [-0.15, -0.1) is 0 Å². The van der Waals surface area contributed by atoms with E-state index in [1.165, 1.54) is 0 Å². The molecule has 1 aliphatic heterocycles. The van der Waals surface area contributed by atoms with E-state index in [1.54, 1.807) is 6.20 Å². The molecular formula is C24H30N6O2. The second-order valence-electron chi connectivity index (χ2n) is 8.31. The number of carbonyl (C=O) groups excluding carboxylic acids is 2. The van der Waals surface area contributed by atoms with Crippen molar-refractivity contribution in [2.45, 2.75) is 26.3 Å². The molecule has 0 bridgehead atoms. The van der Waals surface area contributed by atoms with Gasteiger partial charge in [0.05, 0.1) is 5.56 Å². The summed E-state index contributed by atoms with van der Waals surface area (Å²) in [6, 6.07) is 13.8. The third kappa shape index (κ3) is 5.01. The van der Waals surface area contributed by atoms with Gasteiger partial charge < -0.3 is 24.8 Å². The average Bonchev–Trinajstić information content (AvgIpc) is 3.22. The molecule has 8 heteroatoms. The Kier molecular flexibility index (Phi) is 6.58. The summed E-state index contributed by atoms with van der Waals surface area (Å²) < 4.78 is 2.05. The number of urea groups is 1. The van der Waals surface area contributed by atoms with E-state index < -0.39 is 0 Å². The number of hydrogen-bond donors (Lipinski definition) is 2. The number of amides is 3. The van der Waals surface area contributed by atoms with Crippen LogP contribution in [0, 0.1) is 0 Å². The molecule has 4 rings (SSSR count). The number of hydrogen-bond acceptors (Lipinski definition) is 4. The van der Waals surface area contributed by atoms with Gasteiger partial charge in [0.15, 0.2) is 0 Å². The topological polar surface area (TPSA) is 82.0 Å². The molecule has 32 heavy (non-hydrogen) atoms. The molecule has 0 aliphatic carbocycles. The van der Waals surface area contributed by atoms with Gasteiger partial charge in [-0.1, -0.05) is 6.07 Å². The van der Waals surface area contributed by atoms with Crippen molar-refractivity contribution in [3.05, 3.63) is 66.1 Å². The first-order chi connectivity index (χ1) is 15.5. The largest absolute Gasteiger partial charge is 0.354 e. The van der Waals surface area contributed by atoms with Gasteiger partial charge in [-0.2, -0.15) is 0 Å². The second kappa shape index (κ2) is 9.72. The lowest BCUT2D eigenvalue weighted by Crippen LogP contribution is -2.53. The molecule has 0 aromatic carbocycles. The van der Waals surface area contributed by atoms with Crippen molar-refractivity contribution < 1.29 is 9.59 Å². The fourth-order valence-corrected chi connectivity index (χ4v) is 3.91. The Morgan fingerprint density at radius 1 is 1.03 bits per heavy atom. The molecule has 1 aliphatic rings. The van der Waals surface area contributed by atoms with Crippen LogP contribution < -0.4 is 15.5 Å². The molecule has 0 atom stereocenters. The summed E-state index contributed by atoms with van der Waals surface area (Å²) in [6.07, 6.45) is 4.34. The van der Waals surface area contributed by atoms with E-state index in [2.05, 4.69) is 37.1 Å². The summed E-state index contributed by atoms with van der Waals surface area (Å²) in [5.41, 5.74) is 2.60. The molecular weight excluding hydrogens is 404 g/mol. The van der Waals surface area contributed by atoms with Crippen molar-refractivity contribution in [1.29, 1.82) is 0 Å². The Morgan fingerprint density at radius 3 is 2.53 bits per heavy atom. The molecule has 0 spiro atoms. The lowest BCUT2D eigenvalue weighted by atomic mass is 10.2. The lowest BCUT2D eigenvalue weighted by molar-refractivity contribution is 0.0953. The van der Waals surface area contributed by atoms with Gasteiger partial charge in [0.1, 0.15) is 5.82 Å². The van der Waals surface area contributed by atoms with Crippen molar-refractivity contribution in [3.63, 3.8) is 0 Å². The molecule has 3 amide bonds. The van der Waals surface area contributed by atoms with Crippen LogP contribution in [0.15, 0.2) is 54.9 Å². The monoisotopic (exact) mass is 434 g/mol. The minimum atomic E-state index is -0.0994. The second-order valence-corrected chi connectivity index (χ2v) is 8.31. The minimum Gasteiger partial charge on any atom is -0.354 e. The molecule has 168 valence electrons. The van der Waals surface area contributed by atoms with Gasteiger partial charge in [0.25, 0.3) is 5.91 Å². The number of fused-ring (bicyclic) bond motifs is 1. The molecule has 2 N–H and O–H groups in total. The van der Waals surface area contributed by atoms with Crippen LogP contribution in [0.4, 0.5) is 10.6 Å². The summed E-state index contributed by atoms with van der Waals surface area (Å²) in [4.78, 5) is 33.3. The number of anilines is 1. The average molecular weight is 435 g/mol. The van der Waals surface area contributed by atoms with Gasteiger partial charge in [0.2, 0.25) is 0 Å². The van der Waals surface area contributed by atoms with Gasteiger partial charge in [0, 0.05) is 68.8 Å². The van der Waals surface area contributed by atoms with Crippen LogP contribution in [0.5, 0.6) is 0 Å². The number of nitrogens with one attached hydrogen (secondary N) is 2. The zero-order valence-electron chi connectivity index (χ0n) is 18.6. The summed E-state index contributed by atoms with van der Waals surface area (Å²) >= 11 is 0. The normalized spacial score (nSPS) is 14.1. The van der Waals surface area contributed by atoms with Crippen LogP contribution in [0.2, 0.25) is 0 Å². The molecule has 3 aromatic rings. The van der Waals surface area contributed by atoms with Gasteiger partial charge in [-0.3, -0.25) is 9.78 Å². The fourth-order valence-electron chi connectivity index (χ4n) is 3.91. The van der Waals surface area contributed by atoms with Crippen molar-refractivity contribution in [2.24, 2.45) is 0 Å². The van der Waals surface area contributed by atoms with Crippen LogP contribution in [0.25, 0.3) is 5.52 Å². The van der Waals surface area contributed by atoms with E-state index in [4.69, 9.17) is 0 Å². The van der Waals surface area contributed by atoms with E-state index in [-0.39, 0.29) is 18.0 Å². The maximum Gasteiger partial charge on any atom is 0.317 e. The minimum absolute atomic E-state index is 0.00988. The molecule has 3 aromatic heterocycles. The van der Waals surface area contributed by atoms with Crippen molar-refractivity contribution in [3.8, 4) is 0 Å². The SMILES string of the molecule is CC(C)NC(=O)N1CCN(c2ccc3ccc(C(=O)NCCc4ccccn4)cn23)CC1. The lowest BCUT2D eigenvalue weighted by Gasteiger charge is -2.36. The number of nitrogens with zero attached hydrogens (tertiary/aromatic N) is 4. The number of carbonyl (C=O) groups is 2. The van der Waals surface area contributed by atoms with E-state index in [0.29, 0.717) is 31.6 Å². The zero-order chi connectivity index (χ0) is 22.5. The molecule has 0 radical (unpaired) electrons. The van der Waals surface area contributed by atoms with E-state index >= 15 is 0 Å². The number of aromatic nitrogens is 2. The molecule has 0 saturated carbocycles. The van der Waals surface area contributed by atoms with E-state index in [1.807, 2.05) is 55.3 Å². The third-order valence-electron chi connectivity index (χ3n) is 5.59. The third-order valence-corrected chi connectivity index (χ3v) is 5.59. The highest BCUT2D eigenvalue weighted by atomic mass is 16.2. The highest BCUT2D eigenvalue weighted by Gasteiger charge is 2.23. The fraction of sp³-hybridized carbons (Fsp3) is 0.375. The number of pyridine rings is 2. The summed E-state index contributed by atoms with van der Waals surface area (Å²) in [5.74, 6) is 0.935. The summed E-state index contributed by atoms with van der Waals surface area (Å²) in [7, 11) is 0. The molecule has 8 nitrogen and oxygen atoms in total. The maximum absolute atomic E-state index is 12.7. The number of piperazine rings is 1. The van der Waals surface area contributed by atoms with Crippen molar-refractivity contribution >= 4 is 23.3 Å². The van der Waals surface area contributed by atoms with E-state index in [9.17, 15) is 9.59 Å². The summed E-state index contributed by atoms with van der Waals surface area (Å²) in [5, 5.41) is 5.93. The first-order valence-corrected chi connectivity index (χ1v) is 11.1. The van der Waals surface area contributed by atoms with Crippen LogP contribution in [0.1, 0.15) is 29.9 Å². The molecule has 1 fully saturated rings. The van der Waals surface area contributed by atoms with Gasteiger partial charge >= 0.3 is 6.03 Å². The molecule has 0 unspecified atom stereocenters. The Labute approximate surface area is 188 Å². The maximum atomic E-state index is 12.7. The van der Waals surface area contributed by atoms with Crippen molar-refractivity contribution in [2.75, 3.05) is 37.6 Å². The predicted molar refractivity (Wildman–Crippen MR) is 125 cm³/mol. The van der Waals surface area contributed by atoms with Crippen LogP contribution in [-0.4, -0.2) is 65.0 Å². The Morgan fingerprint density at radius 2 is 1.81 bits per heavy atom. The number of rotatable bonds is 6. The highest BCUT2D eigenvalue weighted by molar-refractivity contribution is 5.94. The smallest absolute Gasteiger partial charge is 0.317 e. The van der Waals surface area contributed by atoms with Crippen LogP contribution in [-0.2, 0) is 6.42 Å². The van der Waals surface area contributed by atoms with Crippen molar-refractivity contribution in [1.82, 2.24) is 24.9 Å². The first-order valence-electron chi connectivity index (χ1n) is 11.1. The van der Waals surface area contributed by atoms with Crippen LogP contribution >= 0.6 is 0 Å². The Balaban J connectivity index is 1.39. The summed E-state index contributed by atoms with van der Waals surface area (Å²) in [6.45, 7) is 7.29. The highest BCUT2D eigenvalue weighted by Crippen LogP contribution is 2.22. The zero-order valence-corrected chi connectivity index (χ0v) is 18.6.